The molecule has 0 unspecified atom stereocenters. The van der Waals surface area contributed by atoms with Crippen LogP contribution in [0.5, 0.6) is 5.75 Å². The maximum Gasteiger partial charge on any atom is 0.400 e. The Morgan fingerprint density at radius 1 is 1.30 bits per heavy atom. The number of thiophene rings is 1. The van der Waals surface area contributed by atoms with E-state index in [0.717, 1.165) is 24.0 Å². The maximum atomic E-state index is 14.4. The van der Waals surface area contributed by atoms with Crippen LogP contribution in [0.2, 0.25) is 0 Å². The van der Waals surface area contributed by atoms with Crippen molar-refractivity contribution >= 4 is 50.9 Å². The van der Waals surface area contributed by atoms with Crippen molar-refractivity contribution in [1.82, 2.24) is 0 Å². The summed E-state index contributed by atoms with van der Waals surface area (Å²) in [6.07, 6.45) is 1.62. The number of primary amides is 1. The number of ether oxygens (including phenoxy) is 1. The van der Waals surface area contributed by atoms with Crippen molar-refractivity contribution in [3.63, 3.8) is 0 Å². The number of halogens is 3. The van der Waals surface area contributed by atoms with Crippen LogP contribution < -0.4 is 10.5 Å². The molecule has 12 heteroatoms. The van der Waals surface area contributed by atoms with E-state index in [1.54, 1.807) is 12.1 Å². The maximum absolute atomic E-state index is 14.4. The molecule has 3 aromatic rings. The normalized spacial score (nSPS) is 15.3. The van der Waals surface area contributed by atoms with Gasteiger partial charge in [-0.2, -0.15) is 14.0 Å². The van der Waals surface area contributed by atoms with E-state index in [2.05, 4.69) is 22.0 Å². The Morgan fingerprint density at radius 3 is 2.45 bits per heavy atom. The molecule has 0 saturated heterocycles. The molecule has 172 valence electrons. The zero-order chi connectivity index (χ0) is 24.2. The molecule has 1 amide bonds. The summed E-state index contributed by atoms with van der Waals surface area (Å²) in [5, 5.41) is 9.44. The van der Waals surface area contributed by atoms with Crippen molar-refractivity contribution in [2.75, 3.05) is 0 Å². The molecule has 1 saturated carbocycles. The Labute approximate surface area is 199 Å². The van der Waals surface area contributed by atoms with E-state index in [4.69, 9.17) is 20.3 Å². The van der Waals surface area contributed by atoms with Crippen LogP contribution in [-0.4, -0.2) is 15.7 Å². The van der Waals surface area contributed by atoms with Crippen LogP contribution in [0, 0.1) is 11.3 Å². The van der Waals surface area contributed by atoms with Crippen LogP contribution in [0.25, 0.3) is 10.1 Å². The number of carbonyl (C=O) groups is 1. The molecule has 1 aliphatic rings. The number of nitrogens with two attached hydrogens (primary N) is 1. The molecular formula is C21H16BrF2N2O5PS. The average molecular weight is 557 g/mol. The van der Waals surface area contributed by atoms with Gasteiger partial charge in [0.05, 0.1) is 16.2 Å². The minimum absolute atomic E-state index is 0.0120. The molecule has 4 rings (SSSR count). The summed E-state index contributed by atoms with van der Waals surface area (Å²) in [5.74, 6) is -0.752. The van der Waals surface area contributed by atoms with Gasteiger partial charge in [-0.15, -0.1) is 11.3 Å². The third-order valence-corrected chi connectivity index (χ3v) is 8.97. The van der Waals surface area contributed by atoms with Gasteiger partial charge >= 0.3 is 13.3 Å². The van der Waals surface area contributed by atoms with Crippen LogP contribution in [0.3, 0.4) is 0 Å². The highest BCUT2D eigenvalue weighted by atomic mass is 79.9. The van der Waals surface area contributed by atoms with E-state index >= 15 is 0 Å². The van der Waals surface area contributed by atoms with Gasteiger partial charge in [0, 0.05) is 15.4 Å². The van der Waals surface area contributed by atoms with Crippen molar-refractivity contribution in [2.24, 2.45) is 5.73 Å². The highest BCUT2D eigenvalue weighted by Gasteiger charge is 2.53. The second kappa shape index (κ2) is 8.15. The van der Waals surface area contributed by atoms with Crippen LogP contribution >= 0.6 is 34.9 Å². The standard InChI is InChI=1S/C21H16BrF2N2O5PS/c22-16-14-7-12(19(26)27)8-15(17(14)33-18(16)21(23,24)32(28,29)30)31-9-11-1-3-13(4-2-11)20(10-25)5-6-20/h1-4,7-8H,5-6,9H2,(H2,26,27)(H2,28,29,30). The molecule has 7 nitrogen and oxygen atoms in total. The van der Waals surface area contributed by atoms with E-state index in [1.807, 2.05) is 12.1 Å². The van der Waals surface area contributed by atoms with Gasteiger partial charge in [0.25, 0.3) is 0 Å². The highest BCUT2D eigenvalue weighted by molar-refractivity contribution is 9.10. The number of hydrogen-bond donors (Lipinski definition) is 3. The summed E-state index contributed by atoms with van der Waals surface area (Å²) >= 11 is 3.44. The fourth-order valence-electron chi connectivity index (χ4n) is 3.39. The zero-order valence-corrected chi connectivity index (χ0v) is 20.0. The predicted octanol–water partition coefficient (Wildman–Crippen LogP) is 5.12. The van der Waals surface area contributed by atoms with Crippen LogP contribution in [0.1, 0.15) is 39.2 Å². The summed E-state index contributed by atoms with van der Waals surface area (Å²) in [6.45, 7) is 0.0247. The van der Waals surface area contributed by atoms with Crippen LogP contribution in [0.15, 0.2) is 40.9 Å². The fraction of sp³-hybridized carbons (Fsp3) is 0.238. The molecule has 33 heavy (non-hydrogen) atoms. The molecule has 0 aliphatic heterocycles. The Kier molecular flexibility index (Phi) is 5.88. The number of fused-ring (bicyclic) bond motifs is 1. The van der Waals surface area contributed by atoms with E-state index in [9.17, 15) is 23.4 Å². The lowest BCUT2D eigenvalue weighted by Gasteiger charge is -2.16. The third-order valence-electron chi connectivity index (χ3n) is 5.48. The molecule has 0 atom stereocenters. The second-order valence-electron chi connectivity index (χ2n) is 7.73. The van der Waals surface area contributed by atoms with Crippen LogP contribution in [0.4, 0.5) is 8.78 Å². The van der Waals surface area contributed by atoms with Crippen molar-refractivity contribution in [1.29, 1.82) is 5.26 Å². The number of hydrogen-bond acceptors (Lipinski definition) is 5. The first kappa shape index (κ1) is 23.8. The Bertz CT molecular complexity index is 1360. The first-order valence-electron chi connectivity index (χ1n) is 9.53. The first-order chi connectivity index (χ1) is 15.4. The molecule has 0 bridgehead atoms. The average Bonchev–Trinajstić information content (AvgIpc) is 3.49. The highest BCUT2D eigenvalue weighted by Crippen LogP contribution is 2.63. The van der Waals surface area contributed by atoms with Gasteiger partial charge in [-0.05, 0) is 52.0 Å². The lowest BCUT2D eigenvalue weighted by Crippen LogP contribution is -2.12. The topological polar surface area (TPSA) is 134 Å². The molecule has 1 heterocycles. The lowest BCUT2D eigenvalue weighted by atomic mass is 9.97. The van der Waals surface area contributed by atoms with E-state index in [1.165, 1.54) is 12.1 Å². The predicted molar refractivity (Wildman–Crippen MR) is 121 cm³/mol. The lowest BCUT2D eigenvalue weighted by molar-refractivity contribution is 0.0595. The monoisotopic (exact) mass is 556 g/mol. The Hall–Kier alpha value is -2.35. The quantitative estimate of drug-likeness (QED) is 0.345. The Morgan fingerprint density at radius 2 is 1.94 bits per heavy atom. The van der Waals surface area contributed by atoms with Crippen molar-refractivity contribution in [3.8, 4) is 11.8 Å². The number of nitrogens with zero attached hydrogens (tertiary/aromatic N) is 1. The molecule has 1 aliphatic carbocycles. The minimum atomic E-state index is -5.81. The van der Waals surface area contributed by atoms with Crippen molar-refractivity contribution < 1.29 is 32.7 Å². The number of rotatable bonds is 7. The molecule has 1 fully saturated rings. The van der Waals surface area contributed by atoms with Gasteiger partial charge in [-0.1, -0.05) is 24.3 Å². The van der Waals surface area contributed by atoms with Gasteiger partial charge in [0.2, 0.25) is 5.91 Å². The molecule has 0 radical (unpaired) electrons. The van der Waals surface area contributed by atoms with Gasteiger partial charge in [0.1, 0.15) is 17.2 Å². The van der Waals surface area contributed by atoms with Gasteiger partial charge < -0.3 is 20.3 Å². The largest absolute Gasteiger partial charge is 0.487 e. The second-order valence-corrected chi connectivity index (χ2v) is 11.2. The molecular weight excluding hydrogens is 541 g/mol. The summed E-state index contributed by atoms with van der Waals surface area (Å²) < 4.78 is 46.0. The number of amides is 1. The number of carbonyl (C=O) groups excluding carboxylic acids is 1. The summed E-state index contributed by atoms with van der Waals surface area (Å²) in [5.41, 5.74) is 2.14. The molecule has 2 aromatic carbocycles. The van der Waals surface area contributed by atoms with Crippen molar-refractivity contribution in [3.05, 3.63) is 62.4 Å². The first-order valence-corrected chi connectivity index (χ1v) is 12.7. The van der Waals surface area contributed by atoms with E-state index in [-0.39, 0.29) is 32.5 Å². The number of alkyl halides is 2. The summed E-state index contributed by atoms with van der Waals surface area (Å²) in [6, 6.07) is 12.1. The number of benzene rings is 2. The van der Waals surface area contributed by atoms with Gasteiger partial charge in [0.15, 0.2) is 0 Å². The SMILES string of the molecule is N#CC1(c2ccc(COc3cc(C(N)=O)cc4c(Br)c(C(F)(F)P(=O)(O)O)sc34)cc2)CC1. The van der Waals surface area contributed by atoms with Crippen LogP contribution in [-0.2, 0) is 22.3 Å². The van der Waals surface area contributed by atoms with E-state index in [0.29, 0.717) is 11.3 Å². The molecule has 0 spiro atoms. The molecule has 1 aromatic heterocycles. The minimum Gasteiger partial charge on any atom is -0.487 e. The Balaban J connectivity index is 1.71. The van der Waals surface area contributed by atoms with E-state index < -0.39 is 29.5 Å². The third kappa shape index (κ3) is 4.18. The summed E-state index contributed by atoms with van der Waals surface area (Å²) in [4.78, 5) is 29.2. The smallest absolute Gasteiger partial charge is 0.400 e. The van der Waals surface area contributed by atoms with Gasteiger partial charge in [-0.25, -0.2) is 0 Å². The summed E-state index contributed by atoms with van der Waals surface area (Å²) in [7, 11) is -5.81. The number of nitriles is 1. The molecule has 4 N–H and O–H groups in total. The van der Waals surface area contributed by atoms with Crippen molar-refractivity contribution in [2.45, 2.75) is 30.5 Å². The fourth-order valence-corrected chi connectivity index (χ4v) is 6.36. The van der Waals surface area contributed by atoms with Gasteiger partial charge in [-0.3, -0.25) is 9.36 Å². The zero-order valence-electron chi connectivity index (χ0n) is 16.7.